The number of rotatable bonds is 2. The third-order valence-corrected chi connectivity index (χ3v) is 3.78. The largest absolute Gasteiger partial charge is 0.508 e. The molecule has 1 saturated heterocycles. The quantitative estimate of drug-likeness (QED) is 0.751. The van der Waals surface area contributed by atoms with E-state index >= 15 is 0 Å². The van der Waals surface area contributed by atoms with Gasteiger partial charge >= 0.3 is 0 Å². The highest BCUT2D eigenvalue weighted by molar-refractivity contribution is 5.97. The molecule has 1 aromatic carbocycles. The number of nitrogens with two attached hydrogens (primary N) is 1. The highest BCUT2D eigenvalue weighted by Crippen LogP contribution is 2.26. The number of carbonyl (C=O) groups excluding carboxylic acids is 1. The smallest absolute Gasteiger partial charge is 0.257 e. The van der Waals surface area contributed by atoms with Gasteiger partial charge in [0.25, 0.3) is 5.91 Å². The molecule has 1 aliphatic heterocycles. The monoisotopic (exact) mass is 264 g/mol. The topological polar surface area (TPSA) is 86.8 Å². The molecule has 1 aliphatic rings. The summed E-state index contributed by atoms with van der Waals surface area (Å²) in [6.07, 6.45) is 1.78. The number of piperidine rings is 1. The molecule has 1 amide bonds. The summed E-state index contributed by atoms with van der Waals surface area (Å²) in [6.45, 7) is 3.31. The van der Waals surface area contributed by atoms with Crippen molar-refractivity contribution >= 4 is 5.91 Å². The average Bonchev–Trinajstić information content (AvgIpc) is 2.38. The lowest BCUT2D eigenvalue weighted by atomic mass is 9.90. The van der Waals surface area contributed by atoms with Crippen molar-refractivity contribution in [2.24, 2.45) is 11.7 Å². The molecule has 0 aliphatic carbocycles. The first kappa shape index (κ1) is 13.7. The number of amides is 1. The zero-order valence-corrected chi connectivity index (χ0v) is 11.0. The Bertz CT molecular complexity index is 466. The van der Waals surface area contributed by atoms with Crippen LogP contribution in [0.15, 0.2) is 18.2 Å². The molecule has 104 valence electrons. The third-order valence-electron chi connectivity index (χ3n) is 3.78. The summed E-state index contributed by atoms with van der Waals surface area (Å²) in [5.74, 6) is 0.0297. The van der Waals surface area contributed by atoms with Gasteiger partial charge in [0, 0.05) is 25.2 Å². The van der Waals surface area contributed by atoms with Gasteiger partial charge in [-0.25, -0.2) is 0 Å². The number of benzene rings is 1. The van der Waals surface area contributed by atoms with Crippen LogP contribution in [0, 0.1) is 5.92 Å². The molecule has 1 unspecified atom stereocenters. The first-order chi connectivity index (χ1) is 8.99. The molecule has 4 N–H and O–H groups in total. The maximum absolute atomic E-state index is 12.3. The molecule has 1 atom stereocenters. The molecule has 1 aromatic rings. The number of aromatic hydroxyl groups is 2. The van der Waals surface area contributed by atoms with Crippen molar-refractivity contribution in [3.63, 3.8) is 0 Å². The molecular formula is C14H20N2O3. The Morgan fingerprint density at radius 2 is 2.00 bits per heavy atom. The van der Waals surface area contributed by atoms with E-state index in [0.717, 1.165) is 12.8 Å². The van der Waals surface area contributed by atoms with Gasteiger partial charge in [0.1, 0.15) is 11.5 Å². The van der Waals surface area contributed by atoms with Crippen LogP contribution in [0.4, 0.5) is 0 Å². The summed E-state index contributed by atoms with van der Waals surface area (Å²) >= 11 is 0. The highest BCUT2D eigenvalue weighted by Gasteiger charge is 2.26. The summed E-state index contributed by atoms with van der Waals surface area (Å²) in [5.41, 5.74) is 6.10. The lowest BCUT2D eigenvalue weighted by Crippen LogP contribution is -2.42. The van der Waals surface area contributed by atoms with Crippen molar-refractivity contribution in [3.05, 3.63) is 23.8 Å². The molecular weight excluding hydrogens is 244 g/mol. The SMILES string of the molecule is CC(N)C1CCN(C(=O)c2ccc(O)cc2O)CC1. The van der Waals surface area contributed by atoms with Crippen LogP contribution in [-0.4, -0.2) is 40.2 Å². The zero-order chi connectivity index (χ0) is 14.0. The molecule has 0 bridgehead atoms. The van der Waals surface area contributed by atoms with Crippen LogP contribution >= 0.6 is 0 Å². The fraction of sp³-hybridized carbons (Fsp3) is 0.500. The van der Waals surface area contributed by atoms with E-state index in [2.05, 4.69) is 0 Å². The number of hydrogen-bond donors (Lipinski definition) is 3. The molecule has 0 spiro atoms. The Kier molecular flexibility index (Phi) is 3.95. The zero-order valence-electron chi connectivity index (χ0n) is 11.0. The van der Waals surface area contributed by atoms with Crippen molar-refractivity contribution < 1.29 is 15.0 Å². The molecule has 5 heteroatoms. The second-order valence-electron chi connectivity index (χ2n) is 5.19. The molecule has 19 heavy (non-hydrogen) atoms. The van der Waals surface area contributed by atoms with Gasteiger partial charge in [-0.3, -0.25) is 4.79 Å². The van der Waals surface area contributed by atoms with Crippen LogP contribution in [-0.2, 0) is 0 Å². The van der Waals surface area contributed by atoms with E-state index in [1.807, 2.05) is 6.92 Å². The fourth-order valence-electron chi connectivity index (χ4n) is 2.50. The van der Waals surface area contributed by atoms with Gasteiger partial charge in [-0.1, -0.05) is 0 Å². The van der Waals surface area contributed by atoms with E-state index in [0.29, 0.717) is 19.0 Å². The molecule has 2 rings (SSSR count). The first-order valence-corrected chi connectivity index (χ1v) is 6.56. The molecule has 0 radical (unpaired) electrons. The maximum atomic E-state index is 12.3. The van der Waals surface area contributed by atoms with E-state index in [4.69, 9.17) is 5.73 Å². The van der Waals surface area contributed by atoms with Gasteiger partial charge < -0.3 is 20.8 Å². The second kappa shape index (κ2) is 5.48. The van der Waals surface area contributed by atoms with Gasteiger partial charge in [-0.2, -0.15) is 0 Å². The predicted molar refractivity (Wildman–Crippen MR) is 72.0 cm³/mol. The minimum Gasteiger partial charge on any atom is -0.508 e. The normalized spacial score (nSPS) is 18.3. The minimum atomic E-state index is -0.194. The summed E-state index contributed by atoms with van der Waals surface area (Å²) in [5, 5.41) is 18.9. The number of phenols is 2. The van der Waals surface area contributed by atoms with Crippen LogP contribution in [0.25, 0.3) is 0 Å². The number of nitrogens with zero attached hydrogens (tertiary/aromatic N) is 1. The molecule has 5 nitrogen and oxygen atoms in total. The van der Waals surface area contributed by atoms with Crippen LogP contribution < -0.4 is 5.73 Å². The Morgan fingerprint density at radius 3 is 2.53 bits per heavy atom. The highest BCUT2D eigenvalue weighted by atomic mass is 16.3. The van der Waals surface area contributed by atoms with E-state index in [-0.39, 0.29) is 29.0 Å². The van der Waals surface area contributed by atoms with E-state index in [1.54, 1.807) is 4.90 Å². The van der Waals surface area contributed by atoms with Crippen LogP contribution in [0.2, 0.25) is 0 Å². The van der Waals surface area contributed by atoms with Crippen molar-refractivity contribution in [1.82, 2.24) is 4.90 Å². The molecule has 1 fully saturated rings. The Morgan fingerprint density at radius 1 is 1.37 bits per heavy atom. The van der Waals surface area contributed by atoms with Gasteiger partial charge in [0.15, 0.2) is 0 Å². The summed E-state index contributed by atoms with van der Waals surface area (Å²) in [7, 11) is 0. The van der Waals surface area contributed by atoms with Gasteiger partial charge in [0.05, 0.1) is 5.56 Å². The van der Waals surface area contributed by atoms with Crippen molar-refractivity contribution in [3.8, 4) is 11.5 Å². The summed E-state index contributed by atoms with van der Waals surface area (Å²) in [4.78, 5) is 14.0. The number of carbonyl (C=O) groups is 1. The van der Waals surface area contributed by atoms with Crippen molar-refractivity contribution in [2.75, 3.05) is 13.1 Å². The Labute approximate surface area is 112 Å². The fourth-order valence-corrected chi connectivity index (χ4v) is 2.50. The average molecular weight is 264 g/mol. The number of likely N-dealkylation sites (tertiary alicyclic amines) is 1. The summed E-state index contributed by atoms with van der Waals surface area (Å²) in [6, 6.07) is 4.19. The lowest BCUT2D eigenvalue weighted by Gasteiger charge is -2.33. The third kappa shape index (κ3) is 2.98. The standard InChI is InChI=1S/C14H20N2O3/c1-9(15)10-4-6-16(7-5-10)14(19)12-3-2-11(17)8-13(12)18/h2-3,8-10,17-18H,4-7,15H2,1H3. The summed E-state index contributed by atoms with van der Waals surface area (Å²) < 4.78 is 0. The number of phenolic OH excluding ortho intramolecular Hbond substituents is 2. The van der Waals surface area contributed by atoms with Gasteiger partial charge in [0.2, 0.25) is 0 Å². The van der Waals surface area contributed by atoms with Crippen LogP contribution in [0.5, 0.6) is 11.5 Å². The second-order valence-corrected chi connectivity index (χ2v) is 5.19. The van der Waals surface area contributed by atoms with Crippen molar-refractivity contribution in [2.45, 2.75) is 25.8 Å². The molecule has 0 saturated carbocycles. The predicted octanol–water partition coefficient (Wildman–Crippen LogP) is 1.30. The maximum Gasteiger partial charge on any atom is 0.257 e. The lowest BCUT2D eigenvalue weighted by molar-refractivity contribution is 0.0678. The molecule has 0 aromatic heterocycles. The van der Waals surface area contributed by atoms with E-state index in [1.165, 1.54) is 18.2 Å². The Hall–Kier alpha value is -1.75. The van der Waals surface area contributed by atoms with Crippen LogP contribution in [0.1, 0.15) is 30.1 Å². The molecule has 1 heterocycles. The van der Waals surface area contributed by atoms with Crippen LogP contribution in [0.3, 0.4) is 0 Å². The van der Waals surface area contributed by atoms with E-state index < -0.39 is 0 Å². The van der Waals surface area contributed by atoms with Gasteiger partial charge in [-0.15, -0.1) is 0 Å². The van der Waals surface area contributed by atoms with Gasteiger partial charge in [-0.05, 0) is 37.8 Å². The van der Waals surface area contributed by atoms with Crippen molar-refractivity contribution in [1.29, 1.82) is 0 Å². The number of hydrogen-bond acceptors (Lipinski definition) is 4. The van der Waals surface area contributed by atoms with E-state index in [9.17, 15) is 15.0 Å². The first-order valence-electron chi connectivity index (χ1n) is 6.56. The minimum absolute atomic E-state index is 0.0512. The Balaban J connectivity index is 2.05.